The zero-order valence-electron chi connectivity index (χ0n) is 14.8. The van der Waals surface area contributed by atoms with Gasteiger partial charge in [0, 0.05) is 13.0 Å². The van der Waals surface area contributed by atoms with Gasteiger partial charge in [-0.3, -0.25) is 30.0 Å². The molecule has 0 aliphatic carbocycles. The van der Waals surface area contributed by atoms with Gasteiger partial charge in [-0.25, -0.2) is 9.48 Å². The van der Waals surface area contributed by atoms with E-state index in [9.17, 15) is 36.5 Å². The second-order valence-electron chi connectivity index (χ2n) is 5.88. The van der Waals surface area contributed by atoms with Gasteiger partial charge in [0.15, 0.2) is 0 Å². The standard InChI is InChI=1S/C14H19F4N6O4P/c15-8-5-7(6-22-29(20,21)28)1-2-9(8)23-12(26)10(3-4-11(19)25)24-13(27)14(16,17)18/h1-2,5,10H,3-4,6H2,(H2,19,25)(H,23,26)(H,24,27)(H5,20,21,22,28)/t10-/m0/s1. The summed E-state index contributed by atoms with van der Waals surface area (Å²) in [5, 5.41) is 5.71. The number of alkyl halides is 3. The van der Waals surface area contributed by atoms with Crippen molar-refractivity contribution in [2.24, 2.45) is 16.7 Å². The second kappa shape index (κ2) is 9.78. The molecule has 1 aromatic rings. The van der Waals surface area contributed by atoms with E-state index in [0.717, 1.165) is 12.1 Å². The highest BCUT2D eigenvalue weighted by atomic mass is 31.2. The van der Waals surface area contributed by atoms with Crippen LogP contribution < -0.4 is 32.5 Å². The van der Waals surface area contributed by atoms with E-state index in [-0.39, 0.29) is 12.1 Å². The fourth-order valence-corrected chi connectivity index (χ4v) is 2.43. The van der Waals surface area contributed by atoms with Gasteiger partial charge >= 0.3 is 12.1 Å². The van der Waals surface area contributed by atoms with Gasteiger partial charge in [0.2, 0.25) is 11.8 Å². The van der Waals surface area contributed by atoms with Gasteiger partial charge in [-0.2, -0.15) is 13.2 Å². The smallest absolute Gasteiger partial charge is 0.370 e. The number of benzene rings is 1. The Morgan fingerprint density at radius 3 is 2.28 bits per heavy atom. The molecule has 162 valence electrons. The van der Waals surface area contributed by atoms with Crippen LogP contribution in [0.3, 0.4) is 0 Å². The molecule has 0 fully saturated rings. The zero-order chi connectivity index (χ0) is 22.4. The number of hydrogen-bond acceptors (Lipinski definition) is 4. The van der Waals surface area contributed by atoms with Crippen LogP contribution in [-0.2, 0) is 25.5 Å². The van der Waals surface area contributed by atoms with Gasteiger partial charge < -0.3 is 16.4 Å². The quantitative estimate of drug-likeness (QED) is 0.233. The highest BCUT2D eigenvalue weighted by molar-refractivity contribution is 7.56. The molecular formula is C14H19F4N6O4P. The normalized spacial score (nSPS) is 12.9. The summed E-state index contributed by atoms with van der Waals surface area (Å²) >= 11 is 0. The predicted molar refractivity (Wildman–Crippen MR) is 94.3 cm³/mol. The summed E-state index contributed by atoms with van der Waals surface area (Å²) in [5.41, 5.74) is 14.9. The molecule has 1 rings (SSSR count). The molecule has 9 N–H and O–H groups in total. The molecular weight excluding hydrogens is 423 g/mol. The number of primary amides is 1. The maximum absolute atomic E-state index is 14.1. The third-order valence-corrected chi connectivity index (χ3v) is 4.03. The highest BCUT2D eigenvalue weighted by Crippen LogP contribution is 2.21. The minimum atomic E-state index is -5.27. The van der Waals surface area contributed by atoms with Crippen molar-refractivity contribution in [3.8, 4) is 0 Å². The van der Waals surface area contributed by atoms with Gasteiger partial charge in [0.1, 0.15) is 11.9 Å². The Balaban J connectivity index is 2.90. The van der Waals surface area contributed by atoms with Gasteiger partial charge in [-0.05, 0) is 24.1 Å². The average Bonchev–Trinajstić information content (AvgIpc) is 2.56. The van der Waals surface area contributed by atoms with Crippen LogP contribution in [0.15, 0.2) is 18.2 Å². The lowest BCUT2D eigenvalue weighted by Gasteiger charge is -2.19. The molecule has 1 atom stereocenters. The summed E-state index contributed by atoms with van der Waals surface area (Å²) in [6.07, 6.45) is -6.30. The van der Waals surface area contributed by atoms with Crippen LogP contribution in [-0.4, -0.2) is 29.9 Å². The topological polar surface area (TPSA) is 182 Å². The van der Waals surface area contributed by atoms with Crippen molar-refractivity contribution in [2.45, 2.75) is 31.6 Å². The Bertz CT molecular complexity index is 829. The number of hydrogen-bond donors (Lipinski definition) is 6. The second-order valence-corrected chi connectivity index (χ2v) is 7.61. The van der Waals surface area contributed by atoms with Crippen LogP contribution in [0, 0.1) is 5.82 Å². The number of anilines is 1. The SMILES string of the molecule is NC(=O)CC[C@H](NC(=O)C(F)(F)F)C(=O)Nc1ccc(CNP(N)(N)=O)cc1F. The first-order chi connectivity index (χ1) is 13.2. The molecule has 0 bridgehead atoms. The maximum atomic E-state index is 14.1. The number of amides is 3. The summed E-state index contributed by atoms with van der Waals surface area (Å²) in [4.78, 5) is 34.1. The lowest BCUT2D eigenvalue weighted by molar-refractivity contribution is -0.174. The molecule has 0 spiro atoms. The third-order valence-electron chi connectivity index (χ3n) is 3.38. The van der Waals surface area contributed by atoms with Crippen molar-refractivity contribution in [2.75, 3.05) is 5.32 Å². The highest BCUT2D eigenvalue weighted by Gasteiger charge is 2.40. The molecule has 0 saturated carbocycles. The fourth-order valence-electron chi connectivity index (χ4n) is 2.00. The summed E-state index contributed by atoms with van der Waals surface area (Å²) in [7, 11) is -3.55. The summed E-state index contributed by atoms with van der Waals surface area (Å²) in [6.45, 7) is -0.154. The predicted octanol–water partition coefficient (Wildman–Crippen LogP) is 0.192. The first-order valence-corrected chi connectivity index (χ1v) is 9.71. The van der Waals surface area contributed by atoms with E-state index in [0.29, 0.717) is 0 Å². The number of halogens is 4. The van der Waals surface area contributed by atoms with Crippen molar-refractivity contribution >= 4 is 31.0 Å². The molecule has 15 heteroatoms. The number of carbonyl (C=O) groups excluding carboxylic acids is 3. The monoisotopic (exact) mass is 442 g/mol. The summed E-state index contributed by atoms with van der Waals surface area (Å²) in [5.74, 6) is -5.49. The van der Waals surface area contributed by atoms with E-state index in [4.69, 9.17) is 16.7 Å². The molecule has 0 aliphatic rings. The Labute approximate surface area is 162 Å². The Morgan fingerprint density at radius 2 is 1.79 bits per heavy atom. The summed E-state index contributed by atoms with van der Waals surface area (Å²) < 4.78 is 62.6. The molecule has 29 heavy (non-hydrogen) atoms. The minimum Gasteiger partial charge on any atom is -0.370 e. The molecule has 1 aromatic carbocycles. The van der Waals surface area contributed by atoms with Crippen LogP contribution in [0.1, 0.15) is 18.4 Å². The van der Waals surface area contributed by atoms with Crippen LogP contribution in [0.4, 0.5) is 23.2 Å². The number of carbonyl (C=O) groups is 3. The number of nitrogens with two attached hydrogens (primary N) is 3. The first kappa shape index (κ1) is 24.5. The van der Waals surface area contributed by atoms with E-state index in [1.807, 2.05) is 5.32 Å². The van der Waals surface area contributed by atoms with Crippen molar-refractivity contribution in [3.63, 3.8) is 0 Å². The fraction of sp³-hybridized carbons (Fsp3) is 0.357. The molecule has 0 aromatic heterocycles. The summed E-state index contributed by atoms with van der Waals surface area (Å²) in [6, 6.07) is 1.52. The molecule has 0 radical (unpaired) electrons. The lowest BCUT2D eigenvalue weighted by atomic mass is 10.1. The molecule has 0 unspecified atom stereocenters. The lowest BCUT2D eigenvalue weighted by Crippen LogP contribution is -2.49. The molecule has 0 heterocycles. The number of rotatable bonds is 9. The van der Waals surface area contributed by atoms with Crippen molar-refractivity contribution < 1.29 is 36.5 Å². The van der Waals surface area contributed by atoms with E-state index in [1.165, 1.54) is 11.4 Å². The van der Waals surface area contributed by atoms with Gasteiger partial charge in [0.25, 0.3) is 7.59 Å². The van der Waals surface area contributed by atoms with Gasteiger partial charge in [0.05, 0.1) is 5.69 Å². The van der Waals surface area contributed by atoms with Crippen LogP contribution in [0.2, 0.25) is 0 Å². The molecule has 10 nitrogen and oxygen atoms in total. The molecule has 0 aliphatic heterocycles. The average molecular weight is 442 g/mol. The van der Waals surface area contributed by atoms with E-state index in [2.05, 4.69) is 5.09 Å². The largest absolute Gasteiger partial charge is 0.471 e. The minimum absolute atomic E-state index is 0.154. The van der Waals surface area contributed by atoms with Crippen LogP contribution in [0.5, 0.6) is 0 Å². The van der Waals surface area contributed by atoms with Crippen molar-refractivity contribution in [1.29, 1.82) is 0 Å². The third kappa shape index (κ3) is 9.00. The van der Waals surface area contributed by atoms with Gasteiger partial charge in [-0.1, -0.05) is 6.07 Å². The Kier molecular flexibility index (Phi) is 8.26. The number of nitrogens with one attached hydrogen (secondary N) is 3. The molecule has 3 amide bonds. The van der Waals surface area contributed by atoms with Crippen LogP contribution >= 0.6 is 7.59 Å². The maximum Gasteiger partial charge on any atom is 0.471 e. The van der Waals surface area contributed by atoms with E-state index in [1.54, 1.807) is 0 Å². The van der Waals surface area contributed by atoms with Crippen molar-refractivity contribution in [1.82, 2.24) is 10.4 Å². The van der Waals surface area contributed by atoms with Crippen molar-refractivity contribution in [3.05, 3.63) is 29.6 Å². The van der Waals surface area contributed by atoms with Crippen LogP contribution in [0.25, 0.3) is 0 Å². The van der Waals surface area contributed by atoms with Gasteiger partial charge in [-0.15, -0.1) is 0 Å². The Morgan fingerprint density at radius 1 is 1.17 bits per heavy atom. The Hall–Kier alpha value is -2.54. The van der Waals surface area contributed by atoms with E-state index < -0.39 is 61.9 Å². The first-order valence-electron chi connectivity index (χ1n) is 7.86. The van der Waals surface area contributed by atoms with E-state index >= 15 is 0 Å². The molecule has 0 saturated heterocycles. The zero-order valence-corrected chi connectivity index (χ0v) is 15.6.